The van der Waals surface area contributed by atoms with Crippen LogP contribution in [0.25, 0.3) is 0 Å². The second-order valence-corrected chi connectivity index (χ2v) is 4.89. The fraction of sp³-hybridized carbons (Fsp3) is 0.538. The number of rotatable bonds is 5. The molecule has 19 heavy (non-hydrogen) atoms. The lowest BCUT2D eigenvalue weighted by molar-refractivity contribution is -0.194. The summed E-state index contributed by atoms with van der Waals surface area (Å²) in [6, 6.07) is 6.28. The molecule has 0 saturated heterocycles. The minimum Gasteiger partial charge on any atom is -0.493 e. The van der Waals surface area contributed by atoms with Gasteiger partial charge in [0.2, 0.25) is 0 Å². The lowest BCUT2D eigenvalue weighted by Gasteiger charge is -2.19. The highest BCUT2D eigenvalue weighted by Gasteiger charge is 2.63. The summed E-state index contributed by atoms with van der Waals surface area (Å²) in [5.41, 5.74) is 4.26. The van der Waals surface area contributed by atoms with Crippen LogP contribution in [0.2, 0.25) is 0 Å². The van der Waals surface area contributed by atoms with E-state index in [1.165, 1.54) is 0 Å². The standard InChI is InChI=1S/C13H16F3NO2/c14-13(15,16)12(5-6-12)8-19-10-3-1-9(2-4-10)11(18)7-17/h1-4,11,18H,5-8,17H2. The number of halogens is 3. The molecule has 0 heterocycles. The molecular weight excluding hydrogens is 259 g/mol. The molecule has 1 aromatic rings. The molecular formula is C13H16F3NO2. The Balaban J connectivity index is 1.94. The van der Waals surface area contributed by atoms with E-state index in [2.05, 4.69) is 0 Å². The van der Waals surface area contributed by atoms with Crippen molar-refractivity contribution in [2.24, 2.45) is 11.1 Å². The van der Waals surface area contributed by atoms with Crippen molar-refractivity contribution in [1.82, 2.24) is 0 Å². The predicted molar refractivity (Wildman–Crippen MR) is 63.7 cm³/mol. The summed E-state index contributed by atoms with van der Waals surface area (Å²) in [5, 5.41) is 9.48. The van der Waals surface area contributed by atoms with Gasteiger partial charge in [-0.25, -0.2) is 0 Å². The molecule has 1 aliphatic carbocycles. The van der Waals surface area contributed by atoms with Gasteiger partial charge >= 0.3 is 6.18 Å². The monoisotopic (exact) mass is 275 g/mol. The van der Waals surface area contributed by atoms with E-state index >= 15 is 0 Å². The van der Waals surface area contributed by atoms with Crippen LogP contribution in [-0.2, 0) is 0 Å². The molecule has 6 heteroatoms. The Kier molecular flexibility index (Phi) is 3.73. The van der Waals surface area contributed by atoms with Gasteiger partial charge in [0.15, 0.2) is 0 Å². The first-order valence-corrected chi connectivity index (χ1v) is 6.06. The summed E-state index contributed by atoms with van der Waals surface area (Å²) in [5.74, 6) is 0.364. The third kappa shape index (κ3) is 3.01. The van der Waals surface area contributed by atoms with Gasteiger partial charge in [0.1, 0.15) is 17.8 Å². The minimum atomic E-state index is -4.21. The molecule has 1 aromatic carbocycles. The SMILES string of the molecule is NCC(O)c1ccc(OCC2(C(F)(F)F)CC2)cc1. The first-order valence-electron chi connectivity index (χ1n) is 6.06. The highest BCUT2D eigenvalue weighted by molar-refractivity contribution is 5.28. The molecule has 2 rings (SSSR count). The summed E-state index contributed by atoms with van der Waals surface area (Å²) in [6.45, 7) is -0.257. The maximum Gasteiger partial charge on any atom is 0.397 e. The van der Waals surface area contributed by atoms with Gasteiger partial charge in [0, 0.05) is 6.54 Å². The second kappa shape index (κ2) is 5.02. The van der Waals surface area contributed by atoms with Gasteiger partial charge in [0.25, 0.3) is 0 Å². The lowest BCUT2D eigenvalue weighted by Crippen LogP contribution is -2.30. The van der Waals surface area contributed by atoms with Crippen molar-refractivity contribution in [3.8, 4) is 5.75 Å². The van der Waals surface area contributed by atoms with Crippen LogP contribution in [0.5, 0.6) is 5.75 Å². The Morgan fingerprint density at radius 3 is 2.26 bits per heavy atom. The van der Waals surface area contributed by atoms with Gasteiger partial charge in [-0.1, -0.05) is 12.1 Å². The lowest BCUT2D eigenvalue weighted by atomic mass is 10.1. The van der Waals surface area contributed by atoms with Gasteiger partial charge in [-0.15, -0.1) is 0 Å². The third-order valence-electron chi connectivity index (χ3n) is 3.46. The maximum absolute atomic E-state index is 12.7. The molecule has 0 amide bonds. The number of aliphatic hydroxyl groups is 1. The molecule has 1 aliphatic rings. The van der Waals surface area contributed by atoms with Crippen LogP contribution in [-0.4, -0.2) is 24.4 Å². The van der Waals surface area contributed by atoms with Gasteiger partial charge in [-0.2, -0.15) is 13.2 Å². The summed E-state index contributed by atoms with van der Waals surface area (Å²) in [7, 11) is 0. The molecule has 1 fully saturated rings. The van der Waals surface area contributed by atoms with E-state index in [1.807, 2.05) is 0 Å². The summed E-state index contributed by atoms with van der Waals surface area (Å²) < 4.78 is 43.3. The Bertz CT molecular complexity index is 427. The Morgan fingerprint density at radius 1 is 1.26 bits per heavy atom. The van der Waals surface area contributed by atoms with Crippen LogP contribution in [0.15, 0.2) is 24.3 Å². The number of hydrogen-bond donors (Lipinski definition) is 2. The van der Waals surface area contributed by atoms with Crippen LogP contribution < -0.4 is 10.5 Å². The van der Waals surface area contributed by atoms with E-state index in [9.17, 15) is 18.3 Å². The highest BCUT2D eigenvalue weighted by atomic mass is 19.4. The first kappa shape index (κ1) is 14.1. The van der Waals surface area contributed by atoms with Crippen molar-refractivity contribution in [3.63, 3.8) is 0 Å². The van der Waals surface area contributed by atoms with E-state index in [-0.39, 0.29) is 26.0 Å². The minimum absolute atomic E-state index is 0.0946. The third-order valence-corrected chi connectivity index (χ3v) is 3.46. The van der Waals surface area contributed by atoms with E-state index in [0.717, 1.165) is 0 Å². The summed E-state index contributed by atoms with van der Waals surface area (Å²) >= 11 is 0. The van der Waals surface area contributed by atoms with E-state index in [1.54, 1.807) is 24.3 Å². The molecule has 0 spiro atoms. The van der Waals surface area contributed by atoms with Crippen molar-refractivity contribution in [2.45, 2.75) is 25.1 Å². The molecule has 0 aromatic heterocycles. The van der Waals surface area contributed by atoms with Crippen LogP contribution in [0.4, 0.5) is 13.2 Å². The van der Waals surface area contributed by atoms with Crippen molar-refractivity contribution in [2.75, 3.05) is 13.2 Å². The number of alkyl halides is 3. The summed E-state index contributed by atoms with van der Waals surface area (Å²) in [6.07, 6.45) is -4.72. The van der Waals surface area contributed by atoms with Crippen LogP contribution in [0.3, 0.4) is 0 Å². The van der Waals surface area contributed by atoms with E-state index < -0.39 is 17.7 Å². The molecule has 106 valence electrons. The average Bonchev–Trinajstić information content (AvgIpc) is 3.16. The number of benzene rings is 1. The molecule has 3 N–H and O–H groups in total. The van der Waals surface area contributed by atoms with Gasteiger partial charge in [-0.05, 0) is 30.5 Å². The Hall–Kier alpha value is -1.27. The largest absolute Gasteiger partial charge is 0.493 e. The topological polar surface area (TPSA) is 55.5 Å². The summed E-state index contributed by atoms with van der Waals surface area (Å²) in [4.78, 5) is 0. The number of nitrogens with two attached hydrogens (primary N) is 1. The molecule has 0 bridgehead atoms. The molecule has 1 saturated carbocycles. The van der Waals surface area contributed by atoms with Crippen molar-refractivity contribution in [1.29, 1.82) is 0 Å². The van der Waals surface area contributed by atoms with Crippen molar-refractivity contribution >= 4 is 0 Å². The maximum atomic E-state index is 12.7. The van der Waals surface area contributed by atoms with Crippen molar-refractivity contribution in [3.05, 3.63) is 29.8 Å². The fourth-order valence-corrected chi connectivity index (χ4v) is 1.80. The molecule has 1 unspecified atom stereocenters. The second-order valence-electron chi connectivity index (χ2n) is 4.89. The normalized spacial score (nSPS) is 19.0. The van der Waals surface area contributed by atoms with E-state index in [0.29, 0.717) is 11.3 Å². The zero-order valence-corrected chi connectivity index (χ0v) is 10.3. The Labute approximate surface area is 109 Å². The van der Waals surface area contributed by atoms with Crippen LogP contribution >= 0.6 is 0 Å². The Morgan fingerprint density at radius 2 is 1.84 bits per heavy atom. The fourth-order valence-electron chi connectivity index (χ4n) is 1.80. The quantitative estimate of drug-likeness (QED) is 0.867. The van der Waals surface area contributed by atoms with Crippen molar-refractivity contribution < 1.29 is 23.0 Å². The zero-order chi connectivity index (χ0) is 14.1. The van der Waals surface area contributed by atoms with E-state index in [4.69, 9.17) is 10.5 Å². The smallest absolute Gasteiger partial charge is 0.397 e. The predicted octanol–water partition coefficient (Wildman–Crippen LogP) is 2.40. The molecule has 0 aliphatic heterocycles. The average molecular weight is 275 g/mol. The van der Waals surface area contributed by atoms with Gasteiger partial charge in [-0.3, -0.25) is 0 Å². The van der Waals surface area contributed by atoms with Crippen LogP contribution in [0.1, 0.15) is 24.5 Å². The molecule has 3 nitrogen and oxygen atoms in total. The van der Waals surface area contributed by atoms with Crippen LogP contribution in [0, 0.1) is 5.41 Å². The number of aliphatic hydroxyl groups excluding tert-OH is 1. The highest BCUT2D eigenvalue weighted by Crippen LogP contribution is 2.57. The number of ether oxygens (including phenoxy) is 1. The zero-order valence-electron chi connectivity index (χ0n) is 10.3. The molecule has 0 radical (unpaired) electrons. The first-order chi connectivity index (χ1) is 8.88. The number of hydrogen-bond acceptors (Lipinski definition) is 3. The van der Waals surface area contributed by atoms with Gasteiger partial charge in [0.05, 0.1) is 6.10 Å². The molecule has 1 atom stereocenters. The van der Waals surface area contributed by atoms with Gasteiger partial charge < -0.3 is 15.6 Å².